The molecule has 34 heavy (non-hydrogen) atoms. The monoisotopic (exact) mass is 482 g/mol. The van der Waals surface area contributed by atoms with E-state index in [1.54, 1.807) is 27.2 Å². The van der Waals surface area contributed by atoms with Crippen LogP contribution in [0.25, 0.3) is 0 Å². The topological polar surface area (TPSA) is 95.8 Å². The average molecular weight is 483 g/mol. The number of nitriles is 1. The van der Waals surface area contributed by atoms with Crippen molar-refractivity contribution in [3.8, 4) is 17.6 Å². The van der Waals surface area contributed by atoms with Crippen molar-refractivity contribution in [2.24, 2.45) is 0 Å². The molecule has 1 aromatic carbocycles. The number of aryl methyl sites for hydroxylation is 2. The van der Waals surface area contributed by atoms with Crippen molar-refractivity contribution in [3.05, 3.63) is 46.1 Å². The fraction of sp³-hybridized carbons (Fsp3) is 0.440. The third kappa shape index (κ3) is 5.88. The van der Waals surface area contributed by atoms with Crippen LogP contribution in [0.2, 0.25) is 0 Å². The standard InChI is InChI=1S/C25H30N4O4S/c1-16-10-22(32-4)23(33-5)12-20(16)14-28-6-8-29(9-7-28)24(31)15-34-25-19(13-26)11-21(18(3)30)17(2)27-25/h10-12H,6-9,14-15H2,1-5H3. The van der Waals surface area contributed by atoms with Crippen molar-refractivity contribution in [2.45, 2.75) is 32.3 Å². The van der Waals surface area contributed by atoms with E-state index in [1.807, 2.05) is 17.0 Å². The highest BCUT2D eigenvalue weighted by Gasteiger charge is 2.23. The first-order chi connectivity index (χ1) is 16.3. The number of nitrogens with zero attached hydrogens (tertiary/aromatic N) is 4. The van der Waals surface area contributed by atoms with E-state index in [2.05, 4.69) is 22.9 Å². The van der Waals surface area contributed by atoms with E-state index in [0.717, 1.165) is 30.9 Å². The number of thioether (sulfide) groups is 1. The van der Waals surface area contributed by atoms with E-state index >= 15 is 0 Å². The van der Waals surface area contributed by atoms with Crippen molar-refractivity contribution in [3.63, 3.8) is 0 Å². The van der Waals surface area contributed by atoms with Gasteiger partial charge in [-0.25, -0.2) is 4.98 Å². The summed E-state index contributed by atoms with van der Waals surface area (Å²) in [6.07, 6.45) is 0. The van der Waals surface area contributed by atoms with Gasteiger partial charge in [0.25, 0.3) is 0 Å². The van der Waals surface area contributed by atoms with Gasteiger partial charge in [0.05, 0.1) is 25.5 Å². The molecule has 0 unspecified atom stereocenters. The number of amides is 1. The van der Waals surface area contributed by atoms with Gasteiger partial charge in [0.2, 0.25) is 5.91 Å². The van der Waals surface area contributed by atoms with Gasteiger partial charge in [-0.2, -0.15) is 5.26 Å². The van der Waals surface area contributed by atoms with Gasteiger partial charge in [0, 0.05) is 44.0 Å². The van der Waals surface area contributed by atoms with E-state index in [-0.39, 0.29) is 17.4 Å². The fourth-order valence-corrected chi connectivity index (χ4v) is 4.84. The third-order valence-electron chi connectivity index (χ3n) is 5.97. The number of carbonyl (C=O) groups is 2. The molecule has 0 radical (unpaired) electrons. The Hall–Kier alpha value is -3.09. The number of ether oxygens (including phenoxy) is 2. The highest BCUT2D eigenvalue weighted by Crippen LogP contribution is 2.31. The largest absolute Gasteiger partial charge is 0.493 e. The molecule has 1 saturated heterocycles. The molecule has 0 spiro atoms. The molecule has 0 atom stereocenters. The number of methoxy groups -OCH3 is 2. The fourth-order valence-electron chi connectivity index (χ4n) is 3.94. The van der Waals surface area contributed by atoms with E-state index in [1.165, 1.54) is 24.2 Å². The summed E-state index contributed by atoms with van der Waals surface area (Å²) < 4.78 is 10.8. The van der Waals surface area contributed by atoms with Gasteiger partial charge in [0.1, 0.15) is 11.1 Å². The zero-order valence-corrected chi connectivity index (χ0v) is 21.1. The van der Waals surface area contributed by atoms with Gasteiger partial charge in [-0.1, -0.05) is 11.8 Å². The third-order valence-corrected chi connectivity index (χ3v) is 6.95. The molecule has 180 valence electrons. The summed E-state index contributed by atoms with van der Waals surface area (Å²) in [5, 5.41) is 9.92. The molecule has 0 N–H and O–H groups in total. The van der Waals surface area contributed by atoms with Crippen molar-refractivity contribution >= 4 is 23.5 Å². The van der Waals surface area contributed by atoms with E-state index in [9.17, 15) is 14.9 Å². The lowest BCUT2D eigenvalue weighted by atomic mass is 10.1. The normalized spacial score (nSPS) is 13.9. The second-order valence-electron chi connectivity index (χ2n) is 8.22. The molecule has 0 bridgehead atoms. The smallest absolute Gasteiger partial charge is 0.233 e. The SMILES string of the molecule is COc1cc(C)c(CN2CCN(C(=O)CSc3nc(C)c(C(C)=O)cc3C#N)CC2)cc1OC. The molecule has 1 aliphatic rings. The van der Waals surface area contributed by atoms with Crippen LogP contribution in [0, 0.1) is 25.2 Å². The minimum Gasteiger partial charge on any atom is -0.493 e. The van der Waals surface area contributed by atoms with Crippen molar-refractivity contribution < 1.29 is 19.1 Å². The highest BCUT2D eigenvalue weighted by atomic mass is 32.2. The number of benzene rings is 1. The summed E-state index contributed by atoms with van der Waals surface area (Å²) >= 11 is 1.25. The molecule has 8 nitrogen and oxygen atoms in total. The number of carbonyl (C=O) groups excluding carboxylic acids is 2. The lowest BCUT2D eigenvalue weighted by Crippen LogP contribution is -2.48. The molecule has 1 aromatic heterocycles. The molecular formula is C25H30N4O4S. The Morgan fingerprint density at radius 1 is 1.09 bits per heavy atom. The van der Waals surface area contributed by atoms with Crippen LogP contribution in [0.5, 0.6) is 11.5 Å². The number of piperazine rings is 1. The highest BCUT2D eigenvalue weighted by molar-refractivity contribution is 8.00. The molecular weight excluding hydrogens is 452 g/mol. The predicted octanol–water partition coefficient (Wildman–Crippen LogP) is 3.23. The second kappa shape index (κ2) is 11.4. The van der Waals surface area contributed by atoms with Crippen molar-refractivity contribution in [2.75, 3.05) is 46.2 Å². The zero-order chi connectivity index (χ0) is 24.8. The first-order valence-corrected chi connectivity index (χ1v) is 12.0. The number of Topliss-reactive ketones (excluding diaryl/α,β-unsaturated/α-hetero) is 1. The lowest BCUT2D eigenvalue weighted by molar-refractivity contribution is -0.130. The van der Waals surface area contributed by atoms with Crippen LogP contribution < -0.4 is 9.47 Å². The molecule has 1 aliphatic heterocycles. The van der Waals surface area contributed by atoms with Crippen LogP contribution in [-0.4, -0.2) is 72.6 Å². The minimum absolute atomic E-state index is 0.0194. The zero-order valence-electron chi connectivity index (χ0n) is 20.3. The van der Waals surface area contributed by atoms with Crippen LogP contribution in [0.3, 0.4) is 0 Å². The van der Waals surface area contributed by atoms with Gasteiger partial charge in [-0.3, -0.25) is 14.5 Å². The molecule has 9 heteroatoms. The Bertz CT molecular complexity index is 1120. The summed E-state index contributed by atoms with van der Waals surface area (Å²) in [7, 11) is 3.26. The number of pyridine rings is 1. The second-order valence-corrected chi connectivity index (χ2v) is 9.19. The van der Waals surface area contributed by atoms with Gasteiger partial charge in [-0.05, 0) is 50.1 Å². The maximum Gasteiger partial charge on any atom is 0.233 e. The molecule has 1 fully saturated rings. The summed E-state index contributed by atoms with van der Waals surface area (Å²) in [5.41, 5.74) is 3.64. The molecule has 0 saturated carbocycles. The van der Waals surface area contributed by atoms with E-state index in [4.69, 9.17) is 9.47 Å². The van der Waals surface area contributed by atoms with Crippen LogP contribution in [-0.2, 0) is 11.3 Å². The first-order valence-electron chi connectivity index (χ1n) is 11.0. The van der Waals surface area contributed by atoms with Crippen molar-refractivity contribution in [1.29, 1.82) is 5.26 Å². The quantitative estimate of drug-likeness (QED) is 0.418. The Morgan fingerprint density at radius 2 is 1.74 bits per heavy atom. The predicted molar refractivity (Wildman–Crippen MR) is 131 cm³/mol. The molecule has 1 amide bonds. The van der Waals surface area contributed by atoms with Crippen LogP contribution in [0.1, 0.15) is 39.7 Å². The summed E-state index contributed by atoms with van der Waals surface area (Å²) in [5.74, 6) is 1.53. The van der Waals surface area contributed by atoms with E-state index < -0.39 is 0 Å². The maximum atomic E-state index is 12.8. The number of rotatable bonds is 8. The minimum atomic E-state index is -0.129. The van der Waals surface area contributed by atoms with Gasteiger partial charge >= 0.3 is 0 Å². The van der Waals surface area contributed by atoms with Crippen LogP contribution in [0.4, 0.5) is 0 Å². The molecule has 2 aromatic rings. The Labute approximate surface area is 204 Å². The number of hydrogen-bond donors (Lipinski definition) is 0. The summed E-state index contributed by atoms with van der Waals surface area (Å²) in [6, 6.07) is 7.65. The van der Waals surface area contributed by atoms with Crippen molar-refractivity contribution in [1.82, 2.24) is 14.8 Å². The Morgan fingerprint density at radius 3 is 2.32 bits per heavy atom. The average Bonchev–Trinajstić information content (AvgIpc) is 2.83. The Kier molecular flexibility index (Phi) is 8.53. The number of ketones is 1. The molecule has 0 aliphatic carbocycles. The van der Waals surface area contributed by atoms with E-state index in [0.29, 0.717) is 40.7 Å². The van der Waals surface area contributed by atoms with Gasteiger partial charge < -0.3 is 14.4 Å². The maximum absolute atomic E-state index is 12.8. The number of hydrogen-bond acceptors (Lipinski definition) is 8. The number of aromatic nitrogens is 1. The van der Waals surface area contributed by atoms with Gasteiger partial charge in [-0.15, -0.1) is 0 Å². The van der Waals surface area contributed by atoms with Crippen LogP contribution >= 0.6 is 11.8 Å². The Balaban J connectivity index is 1.56. The molecule has 2 heterocycles. The molecule has 3 rings (SSSR count). The summed E-state index contributed by atoms with van der Waals surface area (Å²) in [6.45, 7) is 8.87. The van der Waals surface area contributed by atoms with Gasteiger partial charge in [0.15, 0.2) is 17.3 Å². The first kappa shape index (κ1) is 25.5. The summed E-state index contributed by atoms with van der Waals surface area (Å²) in [4.78, 5) is 33.1. The van der Waals surface area contributed by atoms with Crippen LogP contribution in [0.15, 0.2) is 23.2 Å². The lowest BCUT2D eigenvalue weighted by Gasteiger charge is -2.35.